The molecule has 0 aliphatic carbocycles. The lowest BCUT2D eigenvalue weighted by Crippen LogP contribution is -2.13. The molecule has 0 saturated carbocycles. The molecule has 0 heterocycles. The SMILES string of the molecule is COC(=O)C(C)c1ccc(CC(C)(C)C#N)cc1. The third kappa shape index (κ3) is 3.59. The number of hydrogen-bond acceptors (Lipinski definition) is 3. The van der Waals surface area contributed by atoms with E-state index in [4.69, 9.17) is 10.00 Å². The smallest absolute Gasteiger partial charge is 0.312 e. The van der Waals surface area contributed by atoms with Crippen LogP contribution >= 0.6 is 0 Å². The average molecular weight is 245 g/mol. The van der Waals surface area contributed by atoms with E-state index in [9.17, 15) is 4.79 Å². The van der Waals surface area contributed by atoms with Crippen LogP contribution in [-0.4, -0.2) is 13.1 Å². The van der Waals surface area contributed by atoms with Crippen LogP contribution in [0, 0.1) is 16.7 Å². The van der Waals surface area contributed by atoms with Gasteiger partial charge in [0.15, 0.2) is 0 Å². The molecule has 3 nitrogen and oxygen atoms in total. The number of rotatable bonds is 4. The van der Waals surface area contributed by atoms with Gasteiger partial charge >= 0.3 is 5.97 Å². The molecule has 1 atom stereocenters. The maximum absolute atomic E-state index is 11.4. The Balaban J connectivity index is 2.81. The molecule has 0 fully saturated rings. The molecule has 1 rings (SSSR count). The number of ether oxygens (including phenoxy) is 1. The molecule has 18 heavy (non-hydrogen) atoms. The van der Waals surface area contributed by atoms with Gasteiger partial charge in [-0.15, -0.1) is 0 Å². The summed E-state index contributed by atoms with van der Waals surface area (Å²) in [6.45, 7) is 5.65. The maximum Gasteiger partial charge on any atom is 0.312 e. The first-order chi connectivity index (χ1) is 8.39. The van der Waals surface area contributed by atoms with Gasteiger partial charge in [-0.05, 0) is 38.3 Å². The van der Waals surface area contributed by atoms with Crippen molar-refractivity contribution >= 4 is 5.97 Å². The van der Waals surface area contributed by atoms with E-state index in [1.165, 1.54) is 7.11 Å². The third-order valence-corrected chi connectivity index (χ3v) is 2.98. The largest absolute Gasteiger partial charge is 0.469 e. The molecule has 0 amide bonds. The summed E-state index contributed by atoms with van der Waals surface area (Å²) in [4.78, 5) is 11.4. The molecule has 0 aromatic heterocycles. The number of benzene rings is 1. The minimum absolute atomic E-state index is 0.236. The molecule has 0 spiro atoms. The van der Waals surface area contributed by atoms with Crippen molar-refractivity contribution in [2.75, 3.05) is 7.11 Å². The van der Waals surface area contributed by atoms with Crippen LogP contribution in [-0.2, 0) is 16.0 Å². The van der Waals surface area contributed by atoms with Crippen LogP contribution in [0.4, 0.5) is 0 Å². The van der Waals surface area contributed by atoms with E-state index >= 15 is 0 Å². The summed E-state index contributed by atoms with van der Waals surface area (Å²) in [5, 5.41) is 8.99. The van der Waals surface area contributed by atoms with Crippen molar-refractivity contribution < 1.29 is 9.53 Å². The second-order valence-electron chi connectivity index (χ2n) is 5.16. The predicted octanol–water partition coefficient (Wildman–Crippen LogP) is 3.06. The maximum atomic E-state index is 11.4. The van der Waals surface area contributed by atoms with Crippen molar-refractivity contribution in [3.8, 4) is 6.07 Å². The Labute approximate surface area is 108 Å². The molecule has 96 valence electrons. The fourth-order valence-corrected chi connectivity index (χ4v) is 1.79. The Bertz CT molecular complexity index is 454. The summed E-state index contributed by atoms with van der Waals surface area (Å²) in [7, 11) is 1.39. The zero-order valence-electron chi connectivity index (χ0n) is 11.4. The van der Waals surface area contributed by atoms with Crippen LogP contribution in [0.2, 0.25) is 0 Å². The summed E-state index contributed by atoms with van der Waals surface area (Å²) >= 11 is 0. The number of carbonyl (C=O) groups excluding carboxylic acids is 1. The average Bonchev–Trinajstić information content (AvgIpc) is 2.37. The summed E-state index contributed by atoms with van der Waals surface area (Å²) in [6, 6.07) is 10.1. The van der Waals surface area contributed by atoms with E-state index in [-0.39, 0.29) is 17.3 Å². The van der Waals surface area contributed by atoms with Crippen molar-refractivity contribution in [3.05, 3.63) is 35.4 Å². The van der Waals surface area contributed by atoms with E-state index in [1.54, 1.807) is 0 Å². The highest BCUT2D eigenvalue weighted by molar-refractivity contribution is 5.77. The van der Waals surface area contributed by atoms with Gasteiger partial charge in [0.25, 0.3) is 0 Å². The molecule has 0 saturated heterocycles. The van der Waals surface area contributed by atoms with E-state index in [0.29, 0.717) is 6.42 Å². The third-order valence-electron chi connectivity index (χ3n) is 2.98. The topological polar surface area (TPSA) is 50.1 Å². The highest BCUT2D eigenvalue weighted by Gasteiger charge is 2.18. The highest BCUT2D eigenvalue weighted by atomic mass is 16.5. The molecular formula is C15H19NO2. The minimum atomic E-state index is -0.366. The molecule has 1 aromatic rings. The van der Waals surface area contributed by atoms with Gasteiger partial charge in [-0.3, -0.25) is 4.79 Å². The number of carbonyl (C=O) groups is 1. The van der Waals surface area contributed by atoms with Crippen LogP contribution in [0.1, 0.15) is 37.8 Å². The van der Waals surface area contributed by atoms with Crippen molar-refractivity contribution in [3.63, 3.8) is 0 Å². The quantitative estimate of drug-likeness (QED) is 0.766. The van der Waals surface area contributed by atoms with Crippen molar-refractivity contribution in [1.29, 1.82) is 5.26 Å². The van der Waals surface area contributed by atoms with Crippen LogP contribution in [0.15, 0.2) is 24.3 Å². The fourth-order valence-electron chi connectivity index (χ4n) is 1.79. The predicted molar refractivity (Wildman–Crippen MR) is 70.0 cm³/mol. The van der Waals surface area contributed by atoms with Gasteiger partial charge in [-0.25, -0.2) is 0 Å². The van der Waals surface area contributed by atoms with Crippen molar-refractivity contribution in [1.82, 2.24) is 0 Å². The standard InChI is InChI=1S/C15H19NO2/c1-11(14(17)18-4)13-7-5-12(6-8-13)9-15(2,3)10-16/h5-8,11H,9H2,1-4H3. The zero-order valence-corrected chi connectivity index (χ0v) is 11.4. The molecule has 0 aliphatic rings. The van der Waals surface area contributed by atoms with Crippen molar-refractivity contribution in [2.45, 2.75) is 33.1 Å². The van der Waals surface area contributed by atoms with Crippen LogP contribution in [0.5, 0.6) is 0 Å². The molecule has 1 aromatic carbocycles. The molecule has 3 heteroatoms. The number of esters is 1. The van der Waals surface area contributed by atoms with Gasteiger partial charge in [0.1, 0.15) is 0 Å². The second-order valence-corrected chi connectivity index (χ2v) is 5.16. The Morgan fingerprint density at radius 1 is 1.39 bits per heavy atom. The molecular weight excluding hydrogens is 226 g/mol. The van der Waals surface area contributed by atoms with Crippen molar-refractivity contribution in [2.24, 2.45) is 5.41 Å². The van der Waals surface area contributed by atoms with E-state index in [2.05, 4.69) is 6.07 Å². The lowest BCUT2D eigenvalue weighted by molar-refractivity contribution is -0.141. The monoisotopic (exact) mass is 245 g/mol. The molecule has 0 aliphatic heterocycles. The lowest BCUT2D eigenvalue weighted by atomic mass is 9.87. The van der Waals surface area contributed by atoms with Crippen LogP contribution in [0.3, 0.4) is 0 Å². The zero-order chi connectivity index (χ0) is 13.8. The minimum Gasteiger partial charge on any atom is -0.469 e. The van der Waals surface area contributed by atoms with E-state index in [0.717, 1.165) is 11.1 Å². The van der Waals surface area contributed by atoms with Gasteiger partial charge in [0.2, 0.25) is 0 Å². The normalized spacial score (nSPS) is 12.6. The van der Waals surface area contributed by atoms with Gasteiger partial charge in [-0.1, -0.05) is 24.3 Å². The van der Waals surface area contributed by atoms with Gasteiger partial charge < -0.3 is 4.74 Å². The van der Waals surface area contributed by atoms with E-state index < -0.39 is 0 Å². The Kier molecular flexibility index (Phi) is 4.49. The Hall–Kier alpha value is -1.82. The number of nitrogens with zero attached hydrogens (tertiary/aromatic N) is 1. The Morgan fingerprint density at radius 2 is 1.94 bits per heavy atom. The lowest BCUT2D eigenvalue weighted by Gasteiger charge is -2.16. The van der Waals surface area contributed by atoms with E-state index in [1.807, 2.05) is 45.0 Å². The molecule has 0 N–H and O–H groups in total. The van der Waals surface area contributed by atoms with Crippen LogP contribution < -0.4 is 0 Å². The van der Waals surface area contributed by atoms with Gasteiger partial charge in [-0.2, -0.15) is 5.26 Å². The molecule has 1 unspecified atom stereocenters. The first-order valence-corrected chi connectivity index (χ1v) is 5.97. The first kappa shape index (κ1) is 14.2. The summed E-state index contributed by atoms with van der Waals surface area (Å²) in [5.41, 5.74) is 1.66. The Morgan fingerprint density at radius 3 is 2.39 bits per heavy atom. The van der Waals surface area contributed by atoms with Gasteiger partial charge in [0, 0.05) is 0 Å². The summed E-state index contributed by atoms with van der Waals surface area (Å²) in [5.74, 6) is -0.492. The highest BCUT2D eigenvalue weighted by Crippen LogP contribution is 2.23. The first-order valence-electron chi connectivity index (χ1n) is 5.97. The van der Waals surface area contributed by atoms with Gasteiger partial charge in [0.05, 0.1) is 24.5 Å². The molecule has 0 radical (unpaired) electrons. The number of hydrogen-bond donors (Lipinski definition) is 0. The van der Waals surface area contributed by atoms with Crippen LogP contribution in [0.25, 0.3) is 0 Å². The summed E-state index contributed by atoms with van der Waals surface area (Å²) in [6.07, 6.45) is 0.705. The molecule has 0 bridgehead atoms. The number of methoxy groups -OCH3 is 1. The number of nitriles is 1. The summed E-state index contributed by atoms with van der Waals surface area (Å²) < 4.78 is 4.71. The second kappa shape index (κ2) is 5.68. The fraction of sp³-hybridized carbons (Fsp3) is 0.467.